The van der Waals surface area contributed by atoms with Gasteiger partial charge in [0.15, 0.2) is 0 Å². The van der Waals surface area contributed by atoms with Gasteiger partial charge in [-0.25, -0.2) is 8.42 Å². The van der Waals surface area contributed by atoms with E-state index in [4.69, 9.17) is 5.73 Å². The first-order valence-corrected chi connectivity index (χ1v) is 10.4. The minimum atomic E-state index is -3.70. The molecule has 0 atom stereocenters. The number of para-hydroxylation sites is 1. The first kappa shape index (κ1) is 20.9. The molecule has 0 bridgehead atoms. The van der Waals surface area contributed by atoms with Crippen LogP contribution in [0.2, 0.25) is 0 Å². The zero-order valence-electron chi connectivity index (χ0n) is 16.0. The third-order valence-corrected chi connectivity index (χ3v) is 6.70. The Labute approximate surface area is 161 Å². The number of anilines is 1. The van der Waals surface area contributed by atoms with Gasteiger partial charge >= 0.3 is 0 Å². The van der Waals surface area contributed by atoms with Crippen LogP contribution in [0.1, 0.15) is 37.0 Å². The zero-order valence-corrected chi connectivity index (χ0v) is 16.8. The Balaban J connectivity index is 2.13. The zero-order chi connectivity index (χ0) is 20.1. The monoisotopic (exact) mass is 389 g/mol. The van der Waals surface area contributed by atoms with Crippen molar-refractivity contribution in [3.05, 3.63) is 60.2 Å². The smallest absolute Gasteiger partial charge is 0.264 e. The van der Waals surface area contributed by atoms with E-state index in [1.165, 1.54) is 35.6 Å². The van der Waals surface area contributed by atoms with E-state index >= 15 is 0 Å². The van der Waals surface area contributed by atoms with Gasteiger partial charge in [0.1, 0.15) is 0 Å². The molecule has 0 radical (unpaired) electrons. The molecule has 0 heterocycles. The number of carbonyl (C=O) groups excluding carboxylic acids is 1. The lowest BCUT2D eigenvalue weighted by atomic mass is 9.94. The molecule has 1 amide bonds. The lowest BCUT2D eigenvalue weighted by molar-refractivity contribution is 0.0942. The first-order valence-electron chi connectivity index (χ1n) is 8.94. The van der Waals surface area contributed by atoms with E-state index < -0.39 is 15.6 Å². The maximum atomic E-state index is 12.8. The van der Waals surface area contributed by atoms with Crippen LogP contribution in [0.4, 0.5) is 5.69 Å². The summed E-state index contributed by atoms with van der Waals surface area (Å²) in [6.07, 6.45) is 1.51. The van der Waals surface area contributed by atoms with Crippen LogP contribution < -0.4 is 15.4 Å². The summed E-state index contributed by atoms with van der Waals surface area (Å²) in [4.78, 5) is 12.4. The Bertz CT molecular complexity index is 861. The minimum Gasteiger partial charge on any atom is -0.350 e. The van der Waals surface area contributed by atoms with Gasteiger partial charge < -0.3 is 11.1 Å². The van der Waals surface area contributed by atoms with Crippen molar-refractivity contribution in [3.8, 4) is 0 Å². The second-order valence-corrected chi connectivity index (χ2v) is 8.55. The molecule has 6 nitrogen and oxygen atoms in total. The molecule has 27 heavy (non-hydrogen) atoms. The fourth-order valence-electron chi connectivity index (χ4n) is 2.57. The summed E-state index contributed by atoms with van der Waals surface area (Å²) < 4.78 is 26.7. The van der Waals surface area contributed by atoms with Crippen LogP contribution in [0.25, 0.3) is 0 Å². The highest BCUT2D eigenvalue weighted by Crippen LogP contribution is 2.22. The minimum absolute atomic E-state index is 0.126. The molecule has 0 aliphatic rings. The van der Waals surface area contributed by atoms with Gasteiger partial charge in [-0.2, -0.15) is 0 Å². The van der Waals surface area contributed by atoms with Gasteiger partial charge in [0.2, 0.25) is 0 Å². The average Bonchev–Trinajstić information content (AvgIpc) is 2.71. The van der Waals surface area contributed by atoms with E-state index in [-0.39, 0.29) is 10.8 Å². The number of nitrogens with one attached hydrogen (secondary N) is 1. The number of nitrogens with zero attached hydrogens (tertiary/aromatic N) is 1. The summed E-state index contributed by atoms with van der Waals surface area (Å²) in [7, 11) is -2.19. The summed E-state index contributed by atoms with van der Waals surface area (Å²) in [5.74, 6) is -0.271. The second kappa shape index (κ2) is 8.54. The Morgan fingerprint density at radius 1 is 1.04 bits per heavy atom. The Kier molecular flexibility index (Phi) is 6.62. The summed E-state index contributed by atoms with van der Waals surface area (Å²) in [5.41, 5.74) is 6.72. The number of rotatable bonds is 8. The molecule has 0 aromatic heterocycles. The quantitative estimate of drug-likeness (QED) is 0.726. The van der Waals surface area contributed by atoms with Crippen molar-refractivity contribution in [1.82, 2.24) is 5.32 Å². The Hall–Kier alpha value is -2.38. The van der Waals surface area contributed by atoms with Crippen molar-refractivity contribution >= 4 is 21.6 Å². The van der Waals surface area contributed by atoms with E-state index in [9.17, 15) is 13.2 Å². The SMILES string of the molecule is CCC(N)(CC)CNC(=O)c1ccc(S(=O)(=O)N(C)c2ccccc2)cc1. The van der Waals surface area contributed by atoms with Crippen LogP contribution in [-0.2, 0) is 10.0 Å². The maximum Gasteiger partial charge on any atom is 0.264 e. The van der Waals surface area contributed by atoms with Gasteiger partial charge in [-0.3, -0.25) is 9.10 Å². The van der Waals surface area contributed by atoms with E-state index in [1.54, 1.807) is 24.3 Å². The molecule has 0 aliphatic carbocycles. The first-order chi connectivity index (χ1) is 12.7. The van der Waals surface area contributed by atoms with Crippen molar-refractivity contribution in [3.63, 3.8) is 0 Å². The number of nitrogens with two attached hydrogens (primary N) is 1. The molecule has 2 aromatic carbocycles. The van der Waals surface area contributed by atoms with E-state index in [1.807, 2.05) is 19.9 Å². The molecular weight excluding hydrogens is 362 g/mol. The highest BCUT2D eigenvalue weighted by molar-refractivity contribution is 7.92. The topological polar surface area (TPSA) is 92.5 Å². The molecule has 0 saturated carbocycles. The van der Waals surface area contributed by atoms with Crippen LogP contribution in [0.3, 0.4) is 0 Å². The Morgan fingerprint density at radius 2 is 1.59 bits per heavy atom. The lowest BCUT2D eigenvalue weighted by Gasteiger charge is -2.26. The fourth-order valence-corrected chi connectivity index (χ4v) is 3.77. The molecule has 146 valence electrons. The number of hydrogen-bond donors (Lipinski definition) is 2. The highest BCUT2D eigenvalue weighted by atomic mass is 32.2. The van der Waals surface area contributed by atoms with Crippen molar-refractivity contribution in [2.24, 2.45) is 5.73 Å². The van der Waals surface area contributed by atoms with Crippen LogP contribution in [0.15, 0.2) is 59.5 Å². The number of benzene rings is 2. The maximum absolute atomic E-state index is 12.8. The van der Waals surface area contributed by atoms with Crippen molar-refractivity contribution in [1.29, 1.82) is 0 Å². The lowest BCUT2D eigenvalue weighted by Crippen LogP contribution is -2.49. The summed E-state index contributed by atoms with van der Waals surface area (Å²) in [6, 6.07) is 14.7. The van der Waals surface area contributed by atoms with Crippen LogP contribution in [0.5, 0.6) is 0 Å². The predicted octanol–water partition coefficient (Wildman–Crippen LogP) is 2.76. The van der Waals surface area contributed by atoms with Crippen molar-refractivity contribution in [2.75, 3.05) is 17.9 Å². The molecule has 0 spiro atoms. The summed E-state index contributed by atoms with van der Waals surface area (Å²) in [6.45, 7) is 4.34. The van der Waals surface area contributed by atoms with E-state index in [2.05, 4.69) is 5.32 Å². The van der Waals surface area contributed by atoms with Gasteiger partial charge in [-0.15, -0.1) is 0 Å². The average molecular weight is 390 g/mol. The summed E-state index contributed by atoms with van der Waals surface area (Å²) >= 11 is 0. The molecule has 2 rings (SSSR count). The van der Waals surface area contributed by atoms with E-state index in [0.29, 0.717) is 17.8 Å². The van der Waals surface area contributed by atoms with Gasteiger partial charge in [0.25, 0.3) is 15.9 Å². The number of carbonyl (C=O) groups is 1. The number of sulfonamides is 1. The van der Waals surface area contributed by atoms with E-state index in [0.717, 1.165) is 12.8 Å². The van der Waals surface area contributed by atoms with Crippen LogP contribution in [-0.4, -0.2) is 33.5 Å². The summed E-state index contributed by atoms with van der Waals surface area (Å²) in [5, 5.41) is 2.82. The fraction of sp³-hybridized carbons (Fsp3) is 0.350. The molecule has 0 saturated heterocycles. The molecule has 0 fully saturated rings. The van der Waals surface area contributed by atoms with Gasteiger partial charge in [0.05, 0.1) is 10.6 Å². The van der Waals surface area contributed by atoms with Crippen molar-refractivity contribution in [2.45, 2.75) is 37.1 Å². The van der Waals surface area contributed by atoms with Crippen molar-refractivity contribution < 1.29 is 13.2 Å². The molecule has 2 aromatic rings. The van der Waals surface area contributed by atoms with Gasteiger partial charge in [-0.1, -0.05) is 32.0 Å². The van der Waals surface area contributed by atoms with Crippen LogP contribution >= 0.6 is 0 Å². The van der Waals surface area contributed by atoms with Gasteiger partial charge in [0, 0.05) is 24.7 Å². The third kappa shape index (κ3) is 4.87. The standard InChI is InChI=1S/C20H27N3O3S/c1-4-20(21,5-2)15-22-19(24)16-11-13-18(14-12-16)27(25,26)23(3)17-9-7-6-8-10-17/h6-14H,4-5,15,21H2,1-3H3,(H,22,24). The molecule has 3 N–H and O–H groups in total. The normalized spacial score (nSPS) is 11.9. The second-order valence-electron chi connectivity index (χ2n) is 6.58. The number of hydrogen-bond acceptors (Lipinski definition) is 4. The Morgan fingerprint density at radius 3 is 2.11 bits per heavy atom. The molecule has 0 aliphatic heterocycles. The van der Waals surface area contributed by atoms with Crippen LogP contribution in [0, 0.1) is 0 Å². The third-order valence-electron chi connectivity index (χ3n) is 4.90. The largest absolute Gasteiger partial charge is 0.350 e. The predicted molar refractivity (Wildman–Crippen MR) is 108 cm³/mol. The molecule has 0 unspecified atom stereocenters. The molecular formula is C20H27N3O3S. The number of amides is 1. The molecule has 7 heteroatoms. The van der Waals surface area contributed by atoms with Gasteiger partial charge in [-0.05, 0) is 49.2 Å². The highest BCUT2D eigenvalue weighted by Gasteiger charge is 2.23.